The number of carbonyl (C=O) groups is 1. The molecule has 1 aromatic heterocycles. The number of rotatable bonds is 5. The number of halogens is 1. The summed E-state index contributed by atoms with van der Waals surface area (Å²) in [6.45, 7) is 1.93. The van der Waals surface area contributed by atoms with Crippen molar-refractivity contribution < 1.29 is 9.18 Å². The minimum absolute atomic E-state index is 0.000138. The normalized spacial score (nSPS) is 25.8. The van der Waals surface area contributed by atoms with E-state index in [9.17, 15) is 9.18 Å². The van der Waals surface area contributed by atoms with E-state index in [1.165, 1.54) is 6.20 Å². The average Bonchev–Trinajstić information content (AvgIpc) is 3.29. The lowest BCUT2D eigenvalue weighted by Crippen LogP contribution is -2.51. The third-order valence-electron chi connectivity index (χ3n) is 6.31. The number of benzene rings is 1. The van der Waals surface area contributed by atoms with E-state index in [4.69, 9.17) is 5.73 Å². The van der Waals surface area contributed by atoms with Gasteiger partial charge in [0, 0.05) is 29.4 Å². The summed E-state index contributed by atoms with van der Waals surface area (Å²) in [4.78, 5) is 25.7. The van der Waals surface area contributed by atoms with Gasteiger partial charge >= 0.3 is 0 Å². The maximum atomic E-state index is 13.2. The van der Waals surface area contributed by atoms with Crippen LogP contribution in [0.1, 0.15) is 24.8 Å². The van der Waals surface area contributed by atoms with Crippen molar-refractivity contribution in [2.24, 2.45) is 28.0 Å². The van der Waals surface area contributed by atoms with Crippen molar-refractivity contribution in [1.82, 2.24) is 9.97 Å². The van der Waals surface area contributed by atoms with Gasteiger partial charge in [-0.2, -0.15) is 0 Å². The standard InChI is InChI=1S/C22H24FN5O/c1-13-3-4-16(9-17(13)20-26-11-15(23)12-27-20)28-21(29)19-14-5-7-22(19,10-14)18(25-2)6-8-24/h3-4,6,8-9,11-12,14,19H,5,7,10,24H2,1-2H3,(H,28,29)/b8-6-,25-18?/t14-,19-,22-/m1/s1. The minimum atomic E-state index is -0.485. The van der Waals surface area contributed by atoms with Crippen molar-refractivity contribution in [2.75, 3.05) is 12.4 Å². The molecule has 1 heterocycles. The highest BCUT2D eigenvalue weighted by Gasteiger charge is 2.63. The zero-order valence-electron chi connectivity index (χ0n) is 16.5. The number of hydrogen-bond donors (Lipinski definition) is 2. The predicted molar refractivity (Wildman–Crippen MR) is 111 cm³/mol. The van der Waals surface area contributed by atoms with Gasteiger partial charge in [0.15, 0.2) is 11.6 Å². The van der Waals surface area contributed by atoms with Crippen molar-refractivity contribution in [3.8, 4) is 11.4 Å². The van der Waals surface area contributed by atoms with Crippen LogP contribution in [0.25, 0.3) is 11.4 Å². The van der Waals surface area contributed by atoms with Gasteiger partial charge in [0.25, 0.3) is 0 Å². The van der Waals surface area contributed by atoms with Crippen LogP contribution >= 0.6 is 0 Å². The fourth-order valence-corrected chi connectivity index (χ4v) is 5.00. The summed E-state index contributed by atoms with van der Waals surface area (Å²) in [5.74, 6) is 0.211. The second-order valence-electron chi connectivity index (χ2n) is 7.85. The Bertz CT molecular complexity index is 997. The van der Waals surface area contributed by atoms with E-state index in [1.807, 2.05) is 31.2 Å². The molecule has 1 aromatic carbocycles. The number of anilines is 1. The number of carbonyl (C=O) groups excluding carboxylic acids is 1. The molecule has 6 nitrogen and oxygen atoms in total. The Morgan fingerprint density at radius 2 is 2.14 bits per heavy atom. The molecular weight excluding hydrogens is 369 g/mol. The van der Waals surface area contributed by atoms with Gasteiger partial charge in [0.05, 0.1) is 18.3 Å². The van der Waals surface area contributed by atoms with Crippen LogP contribution in [0.3, 0.4) is 0 Å². The first-order chi connectivity index (χ1) is 14.0. The molecule has 150 valence electrons. The van der Waals surface area contributed by atoms with Gasteiger partial charge in [-0.05, 0) is 62.1 Å². The molecule has 3 atom stereocenters. The van der Waals surface area contributed by atoms with Crippen molar-refractivity contribution in [3.63, 3.8) is 0 Å². The lowest BCUT2D eigenvalue weighted by molar-refractivity contribution is -0.127. The Hall–Kier alpha value is -3.09. The number of nitrogens with two attached hydrogens (primary N) is 1. The van der Waals surface area contributed by atoms with Crippen LogP contribution in [-0.2, 0) is 4.79 Å². The summed E-state index contributed by atoms with van der Waals surface area (Å²) in [7, 11) is 1.75. The van der Waals surface area contributed by atoms with Crippen LogP contribution in [-0.4, -0.2) is 28.6 Å². The summed E-state index contributed by atoms with van der Waals surface area (Å²) in [6, 6.07) is 5.60. The smallest absolute Gasteiger partial charge is 0.228 e. The van der Waals surface area contributed by atoms with E-state index < -0.39 is 5.82 Å². The average molecular weight is 393 g/mol. The van der Waals surface area contributed by atoms with Gasteiger partial charge < -0.3 is 11.1 Å². The molecule has 7 heteroatoms. The molecule has 2 bridgehead atoms. The Morgan fingerprint density at radius 3 is 2.79 bits per heavy atom. The van der Waals surface area contributed by atoms with E-state index in [2.05, 4.69) is 20.3 Å². The first kappa shape index (κ1) is 19.2. The molecule has 1 amide bonds. The number of allylic oxidation sites excluding steroid dienone is 1. The number of aliphatic imine (C=N–C) groups is 1. The van der Waals surface area contributed by atoms with E-state index in [0.717, 1.165) is 48.5 Å². The molecule has 0 saturated heterocycles. The fourth-order valence-electron chi connectivity index (χ4n) is 5.00. The van der Waals surface area contributed by atoms with Gasteiger partial charge in [-0.15, -0.1) is 0 Å². The molecule has 2 aromatic rings. The van der Waals surface area contributed by atoms with E-state index in [1.54, 1.807) is 7.05 Å². The summed E-state index contributed by atoms with van der Waals surface area (Å²) in [5.41, 5.74) is 8.66. The summed E-state index contributed by atoms with van der Waals surface area (Å²) >= 11 is 0. The van der Waals surface area contributed by atoms with E-state index in [0.29, 0.717) is 17.4 Å². The molecule has 0 aliphatic heterocycles. The van der Waals surface area contributed by atoms with Crippen LogP contribution in [0, 0.1) is 30.0 Å². The number of nitrogens with one attached hydrogen (secondary N) is 1. The van der Waals surface area contributed by atoms with Crippen LogP contribution < -0.4 is 11.1 Å². The molecule has 3 N–H and O–H groups in total. The molecule has 29 heavy (non-hydrogen) atoms. The SMILES string of the molecule is CN=C(/C=C\N)[C@@]12CC[C@H](C1)[C@@H]2C(=O)Nc1ccc(C)c(-c2ncc(F)cn2)c1. The largest absolute Gasteiger partial charge is 0.405 e. The lowest BCUT2D eigenvalue weighted by atomic mass is 9.57. The van der Waals surface area contributed by atoms with Gasteiger partial charge in [-0.1, -0.05) is 6.07 Å². The third-order valence-corrected chi connectivity index (χ3v) is 6.31. The predicted octanol–water partition coefficient (Wildman–Crippen LogP) is 3.49. The highest BCUT2D eigenvalue weighted by atomic mass is 19.1. The minimum Gasteiger partial charge on any atom is -0.405 e. The van der Waals surface area contributed by atoms with Gasteiger partial charge in [0.1, 0.15) is 0 Å². The Kier molecular flexibility index (Phi) is 4.90. The van der Waals surface area contributed by atoms with Crippen LogP contribution in [0.2, 0.25) is 0 Å². The zero-order chi connectivity index (χ0) is 20.6. The number of nitrogens with zero attached hydrogens (tertiary/aromatic N) is 3. The van der Waals surface area contributed by atoms with Crippen LogP contribution in [0.5, 0.6) is 0 Å². The number of amides is 1. The molecule has 5 rings (SSSR count). The first-order valence-electron chi connectivity index (χ1n) is 9.73. The first-order valence-corrected chi connectivity index (χ1v) is 9.73. The van der Waals surface area contributed by atoms with Gasteiger partial charge in [0.2, 0.25) is 5.91 Å². The Morgan fingerprint density at radius 1 is 1.38 bits per heavy atom. The number of aromatic nitrogens is 2. The Labute approximate surface area is 169 Å². The molecule has 3 aliphatic carbocycles. The lowest BCUT2D eigenvalue weighted by Gasteiger charge is -2.46. The summed E-state index contributed by atoms with van der Waals surface area (Å²) in [5, 5.41) is 3.06. The second-order valence-corrected chi connectivity index (χ2v) is 7.85. The van der Waals surface area contributed by atoms with Crippen molar-refractivity contribution >= 4 is 17.3 Å². The van der Waals surface area contributed by atoms with Crippen molar-refractivity contribution in [1.29, 1.82) is 0 Å². The molecule has 0 spiro atoms. The number of hydrogen-bond acceptors (Lipinski definition) is 5. The molecule has 3 fully saturated rings. The third kappa shape index (κ3) is 3.20. The monoisotopic (exact) mass is 393 g/mol. The van der Waals surface area contributed by atoms with Crippen LogP contribution in [0.4, 0.5) is 10.1 Å². The van der Waals surface area contributed by atoms with Gasteiger partial charge in [-0.3, -0.25) is 9.79 Å². The van der Waals surface area contributed by atoms with Crippen molar-refractivity contribution in [2.45, 2.75) is 26.2 Å². The summed E-state index contributed by atoms with van der Waals surface area (Å²) in [6.07, 6.45) is 8.54. The van der Waals surface area contributed by atoms with Gasteiger partial charge in [-0.25, -0.2) is 14.4 Å². The molecule has 0 unspecified atom stereocenters. The highest BCUT2D eigenvalue weighted by molar-refractivity contribution is 6.07. The van der Waals surface area contributed by atoms with E-state index in [-0.39, 0.29) is 17.2 Å². The quantitative estimate of drug-likeness (QED) is 0.761. The molecule has 0 radical (unpaired) electrons. The molecular formula is C22H24FN5O. The number of aryl methyl sites for hydroxylation is 1. The maximum Gasteiger partial charge on any atom is 0.228 e. The van der Waals surface area contributed by atoms with Crippen molar-refractivity contribution in [3.05, 3.63) is 54.2 Å². The fraction of sp³-hybridized carbons (Fsp3) is 0.364. The number of fused-ring (bicyclic) bond motifs is 1. The Balaban J connectivity index is 1.58. The maximum absolute atomic E-state index is 13.2. The van der Waals surface area contributed by atoms with E-state index >= 15 is 0 Å². The zero-order valence-corrected chi connectivity index (χ0v) is 16.5. The summed E-state index contributed by atoms with van der Waals surface area (Å²) < 4.78 is 13.1. The molecule has 3 saturated carbocycles. The molecule has 3 aliphatic rings. The second kappa shape index (κ2) is 7.39. The van der Waals surface area contributed by atoms with Crippen LogP contribution in [0.15, 0.2) is 47.9 Å². The topological polar surface area (TPSA) is 93.3 Å². The highest BCUT2D eigenvalue weighted by Crippen LogP contribution is 2.64.